The lowest BCUT2D eigenvalue weighted by molar-refractivity contribution is -0.141. The van der Waals surface area contributed by atoms with Gasteiger partial charge in [0, 0.05) is 6.54 Å². The van der Waals surface area contributed by atoms with Crippen LogP contribution in [0.15, 0.2) is 18.2 Å². The Morgan fingerprint density at radius 1 is 1.47 bits per heavy atom. The molecule has 1 rings (SSSR count). The quantitative estimate of drug-likeness (QED) is 0.708. The highest BCUT2D eigenvalue weighted by atomic mass is 16.5. The number of carboxylic acid groups (broad SMARTS) is 1. The summed E-state index contributed by atoms with van der Waals surface area (Å²) in [5.41, 5.74) is 2.35. The zero-order valence-electron chi connectivity index (χ0n) is 11.9. The van der Waals surface area contributed by atoms with Crippen LogP contribution in [0.5, 0.6) is 5.75 Å². The number of hydrogen-bond acceptors (Lipinski definition) is 3. The van der Waals surface area contributed by atoms with Crippen molar-refractivity contribution < 1.29 is 14.6 Å². The molecule has 0 aliphatic heterocycles. The number of nitrogens with one attached hydrogen (secondary N) is 1. The van der Waals surface area contributed by atoms with Crippen molar-refractivity contribution in [2.75, 3.05) is 20.2 Å². The molecule has 0 spiro atoms. The van der Waals surface area contributed by atoms with Crippen LogP contribution >= 0.6 is 0 Å². The largest absolute Gasteiger partial charge is 0.496 e. The Morgan fingerprint density at radius 2 is 2.21 bits per heavy atom. The first-order valence-electron chi connectivity index (χ1n) is 6.65. The maximum atomic E-state index is 10.9. The van der Waals surface area contributed by atoms with Gasteiger partial charge >= 0.3 is 5.97 Å². The first-order valence-corrected chi connectivity index (χ1v) is 6.65. The molecule has 0 aliphatic carbocycles. The zero-order valence-corrected chi connectivity index (χ0v) is 11.9. The molecule has 0 heterocycles. The van der Waals surface area contributed by atoms with Crippen molar-refractivity contribution >= 4 is 5.97 Å². The predicted octanol–water partition coefficient (Wildman–Crippen LogP) is 2.25. The molecular weight excluding hydrogens is 242 g/mol. The molecule has 106 valence electrons. The molecule has 1 aromatic carbocycles. The van der Waals surface area contributed by atoms with Crippen LogP contribution in [0.4, 0.5) is 0 Å². The highest BCUT2D eigenvalue weighted by Gasteiger charge is 2.13. The third-order valence-corrected chi connectivity index (χ3v) is 3.28. The summed E-state index contributed by atoms with van der Waals surface area (Å²) in [7, 11) is 1.67. The number of methoxy groups -OCH3 is 1. The number of aryl methyl sites for hydroxylation is 1. The lowest BCUT2D eigenvalue weighted by Crippen LogP contribution is -2.29. The second kappa shape index (κ2) is 7.79. The van der Waals surface area contributed by atoms with Crippen LogP contribution in [0.3, 0.4) is 0 Å². The van der Waals surface area contributed by atoms with E-state index in [0.717, 1.165) is 24.3 Å². The van der Waals surface area contributed by atoms with Crippen LogP contribution in [-0.4, -0.2) is 31.3 Å². The summed E-state index contributed by atoms with van der Waals surface area (Å²) in [6, 6.07) is 6.12. The average Bonchev–Trinajstić information content (AvgIpc) is 2.38. The second-order valence-corrected chi connectivity index (χ2v) is 4.70. The van der Waals surface area contributed by atoms with Gasteiger partial charge in [0.25, 0.3) is 0 Å². The molecule has 2 N–H and O–H groups in total. The van der Waals surface area contributed by atoms with Gasteiger partial charge in [0.1, 0.15) is 5.75 Å². The average molecular weight is 265 g/mol. The standard InChI is InChI=1S/C15H23NO3/c1-4-13(15(17)18)10-16-8-7-12-5-6-14(19-3)11(2)9-12/h5-6,9,13,16H,4,7-8,10H2,1-3H3,(H,17,18). The Kier molecular flexibility index (Phi) is 6.36. The van der Waals surface area contributed by atoms with Gasteiger partial charge in [-0.15, -0.1) is 0 Å². The first kappa shape index (κ1) is 15.5. The molecule has 19 heavy (non-hydrogen) atoms. The monoisotopic (exact) mass is 265 g/mol. The van der Waals surface area contributed by atoms with Gasteiger partial charge in [0.05, 0.1) is 13.0 Å². The zero-order chi connectivity index (χ0) is 14.3. The van der Waals surface area contributed by atoms with Crippen LogP contribution in [0.1, 0.15) is 24.5 Å². The van der Waals surface area contributed by atoms with Crippen LogP contribution < -0.4 is 10.1 Å². The third kappa shape index (κ3) is 4.91. The molecule has 0 amide bonds. The predicted molar refractivity (Wildman–Crippen MR) is 75.7 cm³/mol. The summed E-state index contributed by atoms with van der Waals surface area (Å²) >= 11 is 0. The van der Waals surface area contributed by atoms with Crippen molar-refractivity contribution in [3.05, 3.63) is 29.3 Å². The lowest BCUT2D eigenvalue weighted by Gasteiger charge is -2.11. The van der Waals surface area contributed by atoms with Crippen molar-refractivity contribution in [2.24, 2.45) is 5.92 Å². The van der Waals surface area contributed by atoms with Crippen LogP contribution in [0, 0.1) is 12.8 Å². The number of aliphatic carboxylic acids is 1. The van der Waals surface area contributed by atoms with E-state index in [1.54, 1.807) is 7.11 Å². The van der Waals surface area contributed by atoms with Gasteiger partial charge in [-0.05, 0) is 43.5 Å². The van der Waals surface area contributed by atoms with E-state index in [4.69, 9.17) is 9.84 Å². The fourth-order valence-corrected chi connectivity index (χ4v) is 2.01. The fourth-order valence-electron chi connectivity index (χ4n) is 2.01. The third-order valence-electron chi connectivity index (χ3n) is 3.28. The molecule has 4 nitrogen and oxygen atoms in total. The SMILES string of the molecule is CCC(CNCCc1ccc(OC)c(C)c1)C(=O)O. The van der Waals surface area contributed by atoms with E-state index >= 15 is 0 Å². The van der Waals surface area contributed by atoms with Gasteiger partial charge in [-0.1, -0.05) is 19.1 Å². The smallest absolute Gasteiger partial charge is 0.307 e. The second-order valence-electron chi connectivity index (χ2n) is 4.70. The lowest BCUT2D eigenvalue weighted by atomic mass is 10.1. The number of hydrogen-bond donors (Lipinski definition) is 2. The highest BCUT2D eigenvalue weighted by molar-refractivity contribution is 5.70. The normalized spacial score (nSPS) is 12.2. The summed E-state index contributed by atoms with van der Waals surface area (Å²) in [5.74, 6) is -0.124. The Labute approximate surface area is 114 Å². The van der Waals surface area contributed by atoms with Crippen molar-refractivity contribution in [3.63, 3.8) is 0 Å². The highest BCUT2D eigenvalue weighted by Crippen LogP contribution is 2.18. The summed E-state index contributed by atoms with van der Waals surface area (Å²) in [4.78, 5) is 10.9. The number of benzene rings is 1. The van der Waals surface area contributed by atoms with Crippen molar-refractivity contribution in [1.29, 1.82) is 0 Å². The number of rotatable bonds is 8. The van der Waals surface area contributed by atoms with Gasteiger partial charge in [-0.25, -0.2) is 0 Å². The van der Waals surface area contributed by atoms with Gasteiger partial charge < -0.3 is 15.2 Å². The Bertz CT molecular complexity index is 418. The number of carbonyl (C=O) groups is 1. The Hall–Kier alpha value is -1.55. The first-order chi connectivity index (χ1) is 9.08. The van der Waals surface area contributed by atoms with E-state index in [1.807, 2.05) is 26.0 Å². The van der Waals surface area contributed by atoms with Crippen molar-refractivity contribution in [2.45, 2.75) is 26.7 Å². The molecule has 1 unspecified atom stereocenters. The molecule has 1 atom stereocenters. The summed E-state index contributed by atoms with van der Waals surface area (Å²) in [6.45, 7) is 5.23. The number of ether oxygens (including phenoxy) is 1. The molecule has 0 saturated heterocycles. The van der Waals surface area contributed by atoms with E-state index < -0.39 is 5.97 Å². The van der Waals surface area contributed by atoms with Gasteiger partial charge in [0.15, 0.2) is 0 Å². The van der Waals surface area contributed by atoms with Gasteiger partial charge in [-0.2, -0.15) is 0 Å². The van der Waals surface area contributed by atoms with Crippen LogP contribution in [-0.2, 0) is 11.2 Å². The molecule has 0 saturated carbocycles. The molecule has 1 aromatic rings. The molecule has 4 heteroatoms. The molecule has 0 bridgehead atoms. The van der Waals surface area contributed by atoms with E-state index in [-0.39, 0.29) is 5.92 Å². The molecule has 0 radical (unpaired) electrons. The summed E-state index contributed by atoms with van der Waals surface area (Å²) in [6.07, 6.45) is 1.55. The van der Waals surface area contributed by atoms with E-state index in [1.165, 1.54) is 5.56 Å². The Balaban J connectivity index is 2.37. The topological polar surface area (TPSA) is 58.6 Å². The minimum Gasteiger partial charge on any atom is -0.496 e. The number of carboxylic acids is 1. The van der Waals surface area contributed by atoms with E-state index in [2.05, 4.69) is 11.4 Å². The minimum absolute atomic E-state index is 0.294. The molecule has 0 aliphatic rings. The van der Waals surface area contributed by atoms with E-state index in [9.17, 15) is 4.79 Å². The van der Waals surface area contributed by atoms with Crippen molar-refractivity contribution in [3.8, 4) is 5.75 Å². The summed E-state index contributed by atoms with van der Waals surface area (Å²) in [5, 5.41) is 12.1. The fraction of sp³-hybridized carbons (Fsp3) is 0.533. The maximum absolute atomic E-state index is 10.9. The Morgan fingerprint density at radius 3 is 2.74 bits per heavy atom. The van der Waals surface area contributed by atoms with E-state index in [0.29, 0.717) is 13.0 Å². The van der Waals surface area contributed by atoms with Gasteiger partial charge in [0.2, 0.25) is 0 Å². The maximum Gasteiger partial charge on any atom is 0.307 e. The van der Waals surface area contributed by atoms with Gasteiger partial charge in [-0.3, -0.25) is 4.79 Å². The molecule has 0 fully saturated rings. The minimum atomic E-state index is -0.727. The molecule has 0 aromatic heterocycles. The van der Waals surface area contributed by atoms with Crippen molar-refractivity contribution in [1.82, 2.24) is 5.32 Å². The molecular formula is C15H23NO3. The summed E-state index contributed by atoms with van der Waals surface area (Å²) < 4.78 is 5.22. The van der Waals surface area contributed by atoms with Crippen LogP contribution in [0.2, 0.25) is 0 Å². The van der Waals surface area contributed by atoms with Crippen LogP contribution in [0.25, 0.3) is 0 Å².